The Hall–Kier alpha value is -1.58. The van der Waals surface area contributed by atoms with E-state index in [4.69, 9.17) is 5.73 Å². The van der Waals surface area contributed by atoms with Gasteiger partial charge in [-0.25, -0.2) is 4.39 Å². The predicted molar refractivity (Wildman–Crippen MR) is 73.2 cm³/mol. The molecule has 1 aromatic rings. The van der Waals surface area contributed by atoms with Gasteiger partial charge in [-0.15, -0.1) is 0 Å². The second kappa shape index (κ2) is 4.59. The molecule has 0 fully saturated rings. The van der Waals surface area contributed by atoms with E-state index < -0.39 is 0 Å². The molecule has 1 unspecified atom stereocenters. The summed E-state index contributed by atoms with van der Waals surface area (Å²) >= 11 is 0. The van der Waals surface area contributed by atoms with Crippen LogP contribution in [0.3, 0.4) is 0 Å². The summed E-state index contributed by atoms with van der Waals surface area (Å²) in [5, 5.41) is 0. The van der Waals surface area contributed by atoms with E-state index in [-0.39, 0.29) is 17.3 Å². The Bertz CT molecular complexity index is 445. The van der Waals surface area contributed by atoms with Crippen molar-refractivity contribution in [2.75, 3.05) is 11.4 Å². The highest BCUT2D eigenvalue weighted by molar-refractivity contribution is 5.97. The first-order chi connectivity index (χ1) is 8.37. The minimum Gasteiger partial charge on any atom is -0.370 e. The minimum absolute atomic E-state index is 0.211. The monoisotopic (exact) mass is 249 g/mol. The van der Waals surface area contributed by atoms with E-state index in [1.54, 1.807) is 12.1 Å². The molecule has 0 saturated heterocycles. The van der Waals surface area contributed by atoms with Gasteiger partial charge in [0.2, 0.25) is 0 Å². The molecule has 0 saturated carbocycles. The maximum absolute atomic E-state index is 13.0. The van der Waals surface area contributed by atoms with E-state index in [0.717, 1.165) is 12.1 Å². The van der Waals surface area contributed by atoms with Gasteiger partial charge >= 0.3 is 0 Å². The Kier molecular flexibility index (Phi) is 3.28. The van der Waals surface area contributed by atoms with Crippen molar-refractivity contribution >= 4 is 11.6 Å². The zero-order chi connectivity index (χ0) is 13.3. The number of halogens is 1. The lowest BCUT2D eigenvalue weighted by Gasteiger charge is -2.31. The molecule has 1 aliphatic heterocycles. The first kappa shape index (κ1) is 12.9. The van der Waals surface area contributed by atoms with Crippen molar-refractivity contribution in [1.82, 2.24) is 0 Å². The number of nitrogens with two attached hydrogens (primary N) is 1. The van der Waals surface area contributed by atoms with E-state index in [2.05, 4.69) is 25.8 Å². The Morgan fingerprint density at radius 1 is 1.33 bits per heavy atom. The standard InChI is InChI=1S/C14H20FN3/c1-14(2,3)8-12-9-17-13(16)18(12)11-6-4-10(15)5-7-11/h4-7,12H,8-9H2,1-3H3,(H2,16,17). The number of guanidine groups is 1. The second-order valence-electron chi connectivity index (χ2n) is 5.96. The van der Waals surface area contributed by atoms with Gasteiger partial charge in [0.25, 0.3) is 0 Å². The zero-order valence-corrected chi connectivity index (χ0v) is 11.2. The average molecular weight is 249 g/mol. The summed E-state index contributed by atoms with van der Waals surface area (Å²) < 4.78 is 13.0. The van der Waals surface area contributed by atoms with Gasteiger partial charge in [0, 0.05) is 5.69 Å². The normalized spacial score (nSPS) is 20.1. The summed E-state index contributed by atoms with van der Waals surface area (Å²) in [6.45, 7) is 7.31. The first-order valence-corrected chi connectivity index (χ1v) is 6.21. The number of rotatable bonds is 2. The van der Waals surface area contributed by atoms with Crippen LogP contribution < -0.4 is 10.6 Å². The van der Waals surface area contributed by atoms with Crippen LogP contribution in [0.1, 0.15) is 27.2 Å². The quantitative estimate of drug-likeness (QED) is 0.875. The average Bonchev–Trinajstić information content (AvgIpc) is 2.59. The van der Waals surface area contributed by atoms with E-state index in [9.17, 15) is 4.39 Å². The molecular formula is C14H20FN3. The van der Waals surface area contributed by atoms with Crippen LogP contribution in [0.4, 0.5) is 10.1 Å². The van der Waals surface area contributed by atoms with Crippen molar-refractivity contribution < 1.29 is 4.39 Å². The van der Waals surface area contributed by atoms with Gasteiger partial charge in [-0.05, 0) is 36.1 Å². The third kappa shape index (κ3) is 2.81. The molecule has 2 N–H and O–H groups in total. The van der Waals surface area contributed by atoms with Crippen molar-refractivity contribution in [3.8, 4) is 0 Å². The van der Waals surface area contributed by atoms with Crippen LogP contribution in [0.2, 0.25) is 0 Å². The van der Waals surface area contributed by atoms with Crippen molar-refractivity contribution in [2.45, 2.75) is 33.2 Å². The highest BCUT2D eigenvalue weighted by Crippen LogP contribution is 2.29. The van der Waals surface area contributed by atoms with E-state index in [1.165, 1.54) is 12.1 Å². The number of anilines is 1. The van der Waals surface area contributed by atoms with Gasteiger partial charge in [-0.3, -0.25) is 4.99 Å². The molecule has 1 heterocycles. The molecule has 0 amide bonds. The third-order valence-electron chi connectivity index (χ3n) is 3.03. The van der Waals surface area contributed by atoms with E-state index >= 15 is 0 Å². The summed E-state index contributed by atoms with van der Waals surface area (Å²) in [5.74, 6) is 0.289. The lowest BCUT2D eigenvalue weighted by Crippen LogP contribution is -2.42. The number of aliphatic imine (C=N–C) groups is 1. The zero-order valence-electron chi connectivity index (χ0n) is 11.2. The van der Waals surface area contributed by atoms with Gasteiger partial charge in [0.15, 0.2) is 5.96 Å². The summed E-state index contributed by atoms with van der Waals surface area (Å²) in [7, 11) is 0. The Morgan fingerprint density at radius 2 is 1.94 bits per heavy atom. The van der Waals surface area contributed by atoms with Gasteiger partial charge in [0.05, 0.1) is 12.6 Å². The molecule has 0 radical (unpaired) electrons. The molecular weight excluding hydrogens is 229 g/mol. The predicted octanol–water partition coefficient (Wildman–Crippen LogP) is 2.77. The summed E-state index contributed by atoms with van der Waals surface area (Å²) in [5.41, 5.74) is 7.06. The molecule has 2 rings (SSSR count). The van der Waals surface area contributed by atoms with Crippen LogP contribution in [-0.4, -0.2) is 18.5 Å². The lowest BCUT2D eigenvalue weighted by atomic mass is 9.87. The maximum Gasteiger partial charge on any atom is 0.196 e. The molecule has 1 aromatic carbocycles. The van der Waals surface area contributed by atoms with Gasteiger partial charge in [-0.2, -0.15) is 0 Å². The molecule has 0 aliphatic carbocycles. The molecule has 3 nitrogen and oxygen atoms in total. The summed E-state index contributed by atoms with van der Waals surface area (Å²) in [4.78, 5) is 6.31. The van der Waals surface area contributed by atoms with Crippen molar-refractivity contribution in [3.05, 3.63) is 30.1 Å². The fourth-order valence-electron chi connectivity index (χ4n) is 2.35. The maximum atomic E-state index is 13.0. The van der Waals surface area contributed by atoms with Gasteiger partial charge in [0.1, 0.15) is 5.82 Å². The Balaban J connectivity index is 2.22. The van der Waals surface area contributed by atoms with Crippen molar-refractivity contribution in [3.63, 3.8) is 0 Å². The van der Waals surface area contributed by atoms with Crippen LogP contribution in [0.25, 0.3) is 0 Å². The number of benzene rings is 1. The number of hydrogen-bond acceptors (Lipinski definition) is 3. The van der Waals surface area contributed by atoms with E-state index in [1.807, 2.05) is 4.90 Å². The molecule has 1 atom stereocenters. The van der Waals surface area contributed by atoms with E-state index in [0.29, 0.717) is 12.5 Å². The lowest BCUT2D eigenvalue weighted by molar-refractivity contribution is 0.347. The Morgan fingerprint density at radius 3 is 2.50 bits per heavy atom. The number of nitrogens with zero attached hydrogens (tertiary/aromatic N) is 2. The first-order valence-electron chi connectivity index (χ1n) is 6.21. The molecule has 4 heteroatoms. The molecule has 0 aromatic heterocycles. The van der Waals surface area contributed by atoms with Crippen LogP contribution in [0.5, 0.6) is 0 Å². The van der Waals surface area contributed by atoms with Crippen LogP contribution in [0.15, 0.2) is 29.3 Å². The highest BCUT2D eigenvalue weighted by Gasteiger charge is 2.30. The number of hydrogen-bond donors (Lipinski definition) is 1. The van der Waals surface area contributed by atoms with Crippen LogP contribution >= 0.6 is 0 Å². The van der Waals surface area contributed by atoms with Crippen molar-refractivity contribution in [2.24, 2.45) is 16.1 Å². The fraction of sp³-hybridized carbons (Fsp3) is 0.500. The Labute approximate surface area is 108 Å². The smallest absolute Gasteiger partial charge is 0.196 e. The molecule has 0 spiro atoms. The molecule has 0 bridgehead atoms. The summed E-state index contributed by atoms with van der Waals surface area (Å²) in [6.07, 6.45) is 0.995. The molecule has 18 heavy (non-hydrogen) atoms. The highest BCUT2D eigenvalue weighted by atomic mass is 19.1. The largest absolute Gasteiger partial charge is 0.370 e. The van der Waals surface area contributed by atoms with Crippen molar-refractivity contribution in [1.29, 1.82) is 0 Å². The fourth-order valence-corrected chi connectivity index (χ4v) is 2.35. The topological polar surface area (TPSA) is 41.6 Å². The van der Waals surface area contributed by atoms with Crippen LogP contribution in [0, 0.1) is 11.2 Å². The van der Waals surface area contributed by atoms with Gasteiger partial charge in [-0.1, -0.05) is 20.8 Å². The van der Waals surface area contributed by atoms with Gasteiger partial charge < -0.3 is 10.6 Å². The SMILES string of the molecule is CC(C)(C)CC1CN=C(N)N1c1ccc(F)cc1. The van der Waals surface area contributed by atoms with Crippen LogP contribution in [-0.2, 0) is 0 Å². The summed E-state index contributed by atoms with van der Waals surface area (Å²) in [6, 6.07) is 6.66. The second-order valence-corrected chi connectivity index (χ2v) is 5.96. The third-order valence-corrected chi connectivity index (χ3v) is 3.03. The molecule has 1 aliphatic rings. The molecule has 98 valence electrons. The minimum atomic E-state index is -0.235.